The van der Waals surface area contributed by atoms with Gasteiger partial charge in [0.25, 0.3) is 0 Å². The molecule has 3 aromatic rings. The van der Waals surface area contributed by atoms with Crippen LogP contribution in [0.4, 0.5) is 8.78 Å². The number of alkyl halides is 2. The summed E-state index contributed by atoms with van der Waals surface area (Å²) >= 11 is 6.38. The summed E-state index contributed by atoms with van der Waals surface area (Å²) in [7, 11) is 0. The van der Waals surface area contributed by atoms with E-state index in [1.807, 2.05) is 0 Å². The fourth-order valence-corrected chi connectivity index (χ4v) is 4.23. The van der Waals surface area contributed by atoms with E-state index >= 15 is 0 Å². The Morgan fingerprint density at radius 1 is 1.24 bits per heavy atom. The number of nitrogens with zero attached hydrogens (tertiary/aromatic N) is 4. The van der Waals surface area contributed by atoms with Crippen molar-refractivity contribution >= 4 is 22.8 Å². The first-order chi connectivity index (χ1) is 14.0. The molecule has 1 saturated carbocycles. The van der Waals surface area contributed by atoms with Crippen LogP contribution < -0.4 is 4.74 Å². The Morgan fingerprint density at radius 2 is 2.03 bits per heavy atom. The van der Waals surface area contributed by atoms with Crippen molar-refractivity contribution in [1.29, 1.82) is 0 Å². The highest BCUT2D eigenvalue weighted by molar-refractivity contribution is 6.33. The van der Waals surface area contributed by atoms with Crippen molar-refractivity contribution < 1.29 is 13.5 Å². The lowest BCUT2D eigenvalue weighted by molar-refractivity contribution is -0.0498. The summed E-state index contributed by atoms with van der Waals surface area (Å²) in [5.74, 6) is 1.67. The molecule has 8 heteroatoms. The van der Waals surface area contributed by atoms with Crippen molar-refractivity contribution in [2.75, 3.05) is 0 Å². The molecule has 0 N–H and O–H groups in total. The summed E-state index contributed by atoms with van der Waals surface area (Å²) in [6.45, 7) is 1.39. The van der Waals surface area contributed by atoms with Crippen molar-refractivity contribution in [1.82, 2.24) is 19.5 Å². The molecule has 1 aliphatic carbocycles. The molecule has 1 aliphatic rings. The number of rotatable bonds is 8. The molecule has 0 bridgehead atoms. The van der Waals surface area contributed by atoms with Gasteiger partial charge in [-0.3, -0.25) is 0 Å². The van der Waals surface area contributed by atoms with Gasteiger partial charge in [0.05, 0.1) is 5.02 Å². The first kappa shape index (κ1) is 20.0. The quantitative estimate of drug-likeness (QED) is 0.444. The topological polar surface area (TPSA) is 52.8 Å². The van der Waals surface area contributed by atoms with Gasteiger partial charge in [0.1, 0.15) is 29.1 Å². The van der Waals surface area contributed by atoms with Gasteiger partial charge in [-0.05, 0) is 43.4 Å². The lowest BCUT2D eigenvalue weighted by Gasteiger charge is -2.20. The lowest BCUT2D eigenvalue weighted by atomic mass is 10.1. The van der Waals surface area contributed by atoms with E-state index < -0.39 is 6.61 Å². The zero-order valence-electron chi connectivity index (χ0n) is 16.4. The second-order valence-corrected chi connectivity index (χ2v) is 7.77. The summed E-state index contributed by atoms with van der Waals surface area (Å²) in [4.78, 5) is 13.8. The highest BCUT2D eigenvalue weighted by Crippen LogP contribution is 2.44. The van der Waals surface area contributed by atoms with Crippen LogP contribution in [0.1, 0.15) is 51.4 Å². The molecule has 1 atom stereocenters. The van der Waals surface area contributed by atoms with Crippen LogP contribution in [0.15, 0.2) is 24.5 Å². The average Bonchev–Trinajstić information content (AvgIpc) is 3.46. The third-order valence-electron chi connectivity index (χ3n) is 5.37. The fourth-order valence-electron chi connectivity index (χ4n) is 3.97. The van der Waals surface area contributed by atoms with Crippen LogP contribution in [0.25, 0.3) is 22.4 Å². The Labute approximate surface area is 173 Å². The molecule has 29 heavy (non-hydrogen) atoms. The molecule has 0 aliphatic heterocycles. The van der Waals surface area contributed by atoms with Crippen LogP contribution in [-0.4, -0.2) is 26.1 Å². The minimum atomic E-state index is -2.90. The van der Waals surface area contributed by atoms with E-state index in [2.05, 4.69) is 33.1 Å². The lowest BCUT2D eigenvalue weighted by Crippen LogP contribution is -2.14. The van der Waals surface area contributed by atoms with Crippen molar-refractivity contribution in [2.24, 2.45) is 5.92 Å². The number of benzene rings is 1. The van der Waals surface area contributed by atoms with E-state index in [9.17, 15) is 8.78 Å². The van der Waals surface area contributed by atoms with Crippen LogP contribution in [0.2, 0.25) is 5.02 Å². The molecular weight excluding hydrogens is 398 g/mol. The number of imidazole rings is 1. The Morgan fingerprint density at radius 3 is 2.66 bits per heavy atom. The van der Waals surface area contributed by atoms with Gasteiger partial charge in [-0.25, -0.2) is 15.0 Å². The first-order valence-electron chi connectivity index (χ1n) is 10.00. The molecule has 4 rings (SSSR count). The molecule has 2 aromatic heterocycles. The second kappa shape index (κ2) is 8.22. The molecule has 1 unspecified atom stereocenters. The average molecular weight is 421 g/mol. The predicted molar refractivity (Wildman–Crippen MR) is 108 cm³/mol. The Hall–Kier alpha value is -2.28. The minimum absolute atomic E-state index is 0.00979. The third-order valence-corrected chi connectivity index (χ3v) is 5.68. The Kier molecular flexibility index (Phi) is 5.67. The number of hydrogen-bond donors (Lipinski definition) is 0. The molecule has 1 aromatic carbocycles. The van der Waals surface area contributed by atoms with Gasteiger partial charge in [-0.1, -0.05) is 31.9 Å². The largest absolute Gasteiger partial charge is 0.435 e. The van der Waals surface area contributed by atoms with Crippen LogP contribution in [0.5, 0.6) is 5.75 Å². The smallest absolute Gasteiger partial charge is 0.387 e. The zero-order valence-corrected chi connectivity index (χ0v) is 17.2. The number of halogens is 3. The summed E-state index contributed by atoms with van der Waals surface area (Å²) < 4.78 is 31.7. The van der Waals surface area contributed by atoms with Crippen LogP contribution in [0, 0.1) is 5.92 Å². The van der Waals surface area contributed by atoms with Gasteiger partial charge in [0.2, 0.25) is 0 Å². The standard InChI is InChI=1S/C21H23ClF2N4O/c1-3-5-16(12-6-7-12)28-17(4-2)27-19-18(25-11-26-20(19)28)14-9-8-13(10-15(14)22)29-21(23)24/h8-12,16,21H,3-7H2,1-2H3. The molecule has 0 radical (unpaired) electrons. The van der Waals surface area contributed by atoms with E-state index in [-0.39, 0.29) is 10.8 Å². The minimum Gasteiger partial charge on any atom is -0.435 e. The summed E-state index contributed by atoms with van der Waals surface area (Å²) in [6.07, 6.45) is 6.97. The number of hydrogen-bond acceptors (Lipinski definition) is 4. The van der Waals surface area contributed by atoms with Crippen molar-refractivity contribution in [3.8, 4) is 17.0 Å². The second-order valence-electron chi connectivity index (χ2n) is 7.36. The molecule has 2 heterocycles. The van der Waals surface area contributed by atoms with E-state index in [0.717, 1.165) is 30.7 Å². The number of ether oxygens (including phenoxy) is 1. The maximum Gasteiger partial charge on any atom is 0.387 e. The number of fused-ring (bicyclic) bond motifs is 1. The zero-order chi connectivity index (χ0) is 20.5. The molecule has 0 saturated heterocycles. The third kappa shape index (κ3) is 3.92. The van der Waals surface area contributed by atoms with Crippen molar-refractivity contribution in [2.45, 2.75) is 58.6 Å². The van der Waals surface area contributed by atoms with E-state index in [1.54, 1.807) is 6.07 Å². The van der Waals surface area contributed by atoms with Gasteiger partial charge in [0, 0.05) is 18.0 Å². The first-order valence-corrected chi connectivity index (χ1v) is 10.4. The fraction of sp³-hybridized carbons (Fsp3) is 0.476. The Bertz CT molecular complexity index is 1020. The van der Waals surface area contributed by atoms with Crippen LogP contribution >= 0.6 is 11.6 Å². The number of aromatic nitrogens is 4. The number of aryl methyl sites for hydroxylation is 1. The molecule has 0 spiro atoms. The molecule has 5 nitrogen and oxygen atoms in total. The summed E-state index contributed by atoms with van der Waals surface area (Å²) in [5.41, 5.74) is 2.71. The van der Waals surface area contributed by atoms with Crippen molar-refractivity contribution in [3.63, 3.8) is 0 Å². The van der Waals surface area contributed by atoms with Crippen LogP contribution in [0.3, 0.4) is 0 Å². The van der Waals surface area contributed by atoms with Gasteiger partial charge in [0.15, 0.2) is 5.65 Å². The predicted octanol–water partition coefficient (Wildman–Crippen LogP) is 6.06. The molecular formula is C21H23ClF2N4O. The maximum atomic E-state index is 12.5. The molecule has 154 valence electrons. The maximum absolute atomic E-state index is 12.5. The normalized spacial score (nSPS) is 15.2. The molecule has 0 amide bonds. The van der Waals surface area contributed by atoms with Gasteiger partial charge in [-0.15, -0.1) is 0 Å². The summed E-state index contributed by atoms with van der Waals surface area (Å²) in [6, 6.07) is 4.86. The van der Waals surface area contributed by atoms with Gasteiger partial charge < -0.3 is 9.30 Å². The van der Waals surface area contributed by atoms with E-state index in [1.165, 1.54) is 31.3 Å². The summed E-state index contributed by atoms with van der Waals surface area (Å²) in [5, 5.41) is 0.281. The van der Waals surface area contributed by atoms with Gasteiger partial charge in [-0.2, -0.15) is 8.78 Å². The Balaban J connectivity index is 1.83. The SMILES string of the molecule is CCCC(C1CC1)n1c(CC)nc2c(-c3ccc(OC(F)F)cc3Cl)ncnc21. The van der Waals surface area contributed by atoms with Crippen LogP contribution in [-0.2, 0) is 6.42 Å². The van der Waals surface area contributed by atoms with E-state index in [0.29, 0.717) is 28.7 Å². The highest BCUT2D eigenvalue weighted by atomic mass is 35.5. The van der Waals surface area contributed by atoms with Crippen molar-refractivity contribution in [3.05, 3.63) is 35.4 Å². The van der Waals surface area contributed by atoms with Gasteiger partial charge >= 0.3 is 6.61 Å². The molecule has 1 fully saturated rings. The van der Waals surface area contributed by atoms with E-state index in [4.69, 9.17) is 16.6 Å². The monoisotopic (exact) mass is 420 g/mol. The highest BCUT2D eigenvalue weighted by Gasteiger charge is 2.34.